The van der Waals surface area contributed by atoms with Gasteiger partial charge in [-0.05, 0) is 44.0 Å². The molecule has 2 N–H and O–H groups in total. The summed E-state index contributed by atoms with van der Waals surface area (Å²) in [6, 6.07) is 9.37. The van der Waals surface area contributed by atoms with E-state index in [0.29, 0.717) is 0 Å². The van der Waals surface area contributed by atoms with Crippen LogP contribution >= 0.6 is 0 Å². The Kier molecular flexibility index (Phi) is 3.94. The molecule has 0 spiro atoms. The van der Waals surface area contributed by atoms with Gasteiger partial charge in [0, 0.05) is 12.1 Å². The summed E-state index contributed by atoms with van der Waals surface area (Å²) < 4.78 is 0. The lowest BCUT2D eigenvalue weighted by Gasteiger charge is -2.09. The summed E-state index contributed by atoms with van der Waals surface area (Å²) in [4.78, 5) is 11.7. The van der Waals surface area contributed by atoms with Crippen molar-refractivity contribution in [3.05, 3.63) is 35.9 Å². The first-order valence-electron chi connectivity index (χ1n) is 5.90. The maximum Gasteiger partial charge on any atom is 0.251 e. The molecule has 1 aliphatic heterocycles. The minimum absolute atomic E-state index is 0.0338. The SMILES string of the molecule is O=C(NCCC1CCNC1)c1ccccc1. The van der Waals surface area contributed by atoms with Gasteiger partial charge >= 0.3 is 0 Å². The Labute approximate surface area is 96.2 Å². The van der Waals surface area contributed by atoms with Gasteiger partial charge in [-0.3, -0.25) is 4.79 Å². The summed E-state index contributed by atoms with van der Waals surface area (Å²) in [5.74, 6) is 0.766. The van der Waals surface area contributed by atoms with Crippen LogP contribution in [0.1, 0.15) is 23.2 Å². The fraction of sp³-hybridized carbons (Fsp3) is 0.462. The Morgan fingerprint density at radius 1 is 1.38 bits per heavy atom. The molecule has 0 radical (unpaired) electrons. The van der Waals surface area contributed by atoms with Crippen molar-refractivity contribution in [2.45, 2.75) is 12.8 Å². The Balaban J connectivity index is 1.71. The largest absolute Gasteiger partial charge is 0.352 e. The minimum atomic E-state index is 0.0338. The number of hydrogen-bond acceptors (Lipinski definition) is 2. The van der Waals surface area contributed by atoms with Crippen molar-refractivity contribution in [2.24, 2.45) is 5.92 Å². The number of hydrogen-bond donors (Lipinski definition) is 2. The van der Waals surface area contributed by atoms with Crippen LogP contribution in [0.4, 0.5) is 0 Å². The molecule has 0 saturated carbocycles. The molecule has 1 aromatic carbocycles. The minimum Gasteiger partial charge on any atom is -0.352 e. The second-order valence-electron chi connectivity index (χ2n) is 4.27. The van der Waals surface area contributed by atoms with E-state index in [1.807, 2.05) is 30.3 Å². The summed E-state index contributed by atoms with van der Waals surface area (Å²) in [7, 11) is 0. The van der Waals surface area contributed by atoms with Crippen molar-refractivity contribution >= 4 is 5.91 Å². The molecule has 1 amide bonds. The molecule has 0 aliphatic carbocycles. The monoisotopic (exact) mass is 218 g/mol. The molecule has 3 nitrogen and oxygen atoms in total. The van der Waals surface area contributed by atoms with Gasteiger partial charge in [0.15, 0.2) is 0 Å². The van der Waals surface area contributed by atoms with Gasteiger partial charge in [-0.1, -0.05) is 18.2 Å². The number of amides is 1. The fourth-order valence-corrected chi connectivity index (χ4v) is 2.04. The Bertz CT molecular complexity index is 331. The molecule has 16 heavy (non-hydrogen) atoms. The van der Waals surface area contributed by atoms with Gasteiger partial charge in [0.05, 0.1) is 0 Å². The fourth-order valence-electron chi connectivity index (χ4n) is 2.04. The standard InChI is InChI=1S/C13H18N2O/c16-13(12-4-2-1-3-5-12)15-9-7-11-6-8-14-10-11/h1-5,11,14H,6-10H2,(H,15,16). The summed E-state index contributed by atoms with van der Waals surface area (Å²) in [5, 5.41) is 6.29. The first-order valence-corrected chi connectivity index (χ1v) is 5.90. The van der Waals surface area contributed by atoms with E-state index in [1.54, 1.807) is 0 Å². The van der Waals surface area contributed by atoms with Crippen molar-refractivity contribution in [1.82, 2.24) is 10.6 Å². The predicted molar refractivity (Wildman–Crippen MR) is 64.4 cm³/mol. The van der Waals surface area contributed by atoms with E-state index >= 15 is 0 Å². The molecule has 1 unspecified atom stereocenters. The first kappa shape index (κ1) is 11.1. The average molecular weight is 218 g/mol. The lowest BCUT2D eigenvalue weighted by atomic mass is 10.1. The Morgan fingerprint density at radius 3 is 2.88 bits per heavy atom. The normalized spacial score (nSPS) is 19.6. The lowest BCUT2D eigenvalue weighted by molar-refractivity contribution is 0.0951. The second kappa shape index (κ2) is 5.66. The van der Waals surface area contributed by atoms with Crippen molar-refractivity contribution < 1.29 is 4.79 Å². The molecule has 3 heteroatoms. The quantitative estimate of drug-likeness (QED) is 0.802. The van der Waals surface area contributed by atoms with Crippen molar-refractivity contribution in [3.8, 4) is 0 Å². The molecule has 1 aromatic rings. The van der Waals surface area contributed by atoms with E-state index < -0.39 is 0 Å². The van der Waals surface area contributed by atoms with Crippen LogP contribution in [0.25, 0.3) is 0 Å². The lowest BCUT2D eigenvalue weighted by Crippen LogP contribution is -2.26. The zero-order valence-electron chi connectivity index (χ0n) is 9.41. The van der Waals surface area contributed by atoms with Crippen molar-refractivity contribution in [2.75, 3.05) is 19.6 Å². The van der Waals surface area contributed by atoms with E-state index in [-0.39, 0.29) is 5.91 Å². The van der Waals surface area contributed by atoms with Gasteiger partial charge < -0.3 is 10.6 Å². The topological polar surface area (TPSA) is 41.1 Å². The third kappa shape index (κ3) is 3.07. The molecule has 1 atom stereocenters. The van der Waals surface area contributed by atoms with E-state index in [1.165, 1.54) is 6.42 Å². The average Bonchev–Trinajstić information content (AvgIpc) is 2.83. The van der Waals surface area contributed by atoms with E-state index in [2.05, 4.69) is 10.6 Å². The third-order valence-electron chi connectivity index (χ3n) is 3.04. The number of carbonyl (C=O) groups is 1. The maximum absolute atomic E-state index is 11.7. The highest BCUT2D eigenvalue weighted by Gasteiger charge is 2.14. The van der Waals surface area contributed by atoms with E-state index in [0.717, 1.165) is 37.5 Å². The molecular weight excluding hydrogens is 200 g/mol. The van der Waals surface area contributed by atoms with Gasteiger partial charge in [0.1, 0.15) is 0 Å². The third-order valence-corrected chi connectivity index (χ3v) is 3.04. The van der Waals surface area contributed by atoms with Gasteiger partial charge in [0.25, 0.3) is 5.91 Å². The molecule has 2 rings (SSSR count). The molecular formula is C13H18N2O. The zero-order chi connectivity index (χ0) is 11.2. The van der Waals surface area contributed by atoms with Crippen LogP contribution in [0.5, 0.6) is 0 Å². The van der Waals surface area contributed by atoms with Gasteiger partial charge in [-0.25, -0.2) is 0 Å². The molecule has 86 valence electrons. The van der Waals surface area contributed by atoms with E-state index in [4.69, 9.17) is 0 Å². The molecule has 1 saturated heterocycles. The summed E-state index contributed by atoms with van der Waals surface area (Å²) in [6.07, 6.45) is 2.31. The second-order valence-corrected chi connectivity index (χ2v) is 4.27. The highest BCUT2D eigenvalue weighted by atomic mass is 16.1. The van der Waals surface area contributed by atoms with Crippen LogP contribution in [0.2, 0.25) is 0 Å². The predicted octanol–water partition coefficient (Wildman–Crippen LogP) is 1.42. The Morgan fingerprint density at radius 2 is 2.19 bits per heavy atom. The summed E-state index contributed by atoms with van der Waals surface area (Å²) in [5.41, 5.74) is 0.743. The number of benzene rings is 1. The highest BCUT2D eigenvalue weighted by Crippen LogP contribution is 2.10. The highest BCUT2D eigenvalue weighted by molar-refractivity contribution is 5.94. The van der Waals surface area contributed by atoms with Crippen molar-refractivity contribution in [1.29, 1.82) is 0 Å². The number of carbonyl (C=O) groups excluding carboxylic acids is 1. The molecule has 1 aliphatic rings. The van der Waals surface area contributed by atoms with E-state index in [9.17, 15) is 4.79 Å². The smallest absolute Gasteiger partial charge is 0.251 e. The van der Waals surface area contributed by atoms with Crippen LogP contribution in [-0.4, -0.2) is 25.5 Å². The van der Waals surface area contributed by atoms with Crippen LogP contribution in [0.3, 0.4) is 0 Å². The molecule has 1 heterocycles. The number of rotatable bonds is 4. The van der Waals surface area contributed by atoms with Crippen LogP contribution in [0.15, 0.2) is 30.3 Å². The number of nitrogens with one attached hydrogen (secondary N) is 2. The van der Waals surface area contributed by atoms with Crippen LogP contribution in [-0.2, 0) is 0 Å². The van der Waals surface area contributed by atoms with Gasteiger partial charge in [-0.15, -0.1) is 0 Å². The van der Waals surface area contributed by atoms with Gasteiger partial charge in [0.2, 0.25) is 0 Å². The van der Waals surface area contributed by atoms with Crippen molar-refractivity contribution in [3.63, 3.8) is 0 Å². The molecule has 1 fully saturated rings. The van der Waals surface area contributed by atoms with Crippen LogP contribution in [0, 0.1) is 5.92 Å². The van der Waals surface area contributed by atoms with Gasteiger partial charge in [-0.2, -0.15) is 0 Å². The maximum atomic E-state index is 11.7. The zero-order valence-corrected chi connectivity index (χ0v) is 9.41. The first-order chi connectivity index (χ1) is 7.86. The Hall–Kier alpha value is -1.35. The summed E-state index contributed by atoms with van der Waals surface area (Å²) >= 11 is 0. The molecule has 0 aromatic heterocycles. The molecule has 0 bridgehead atoms. The van der Waals surface area contributed by atoms with Crippen LogP contribution < -0.4 is 10.6 Å². The summed E-state index contributed by atoms with van der Waals surface area (Å²) in [6.45, 7) is 3.00.